The van der Waals surface area contributed by atoms with E-state index in [0.717, 1.165) is 0 Å². The molecule has 0 aromatic carbocycles. The van der Waals surface area contributed by atoms with Gasteiger partial charge in [-0.25, -0.2) is 0 Å². The molecule has 0 aromatic rings. The molecule has 0 N–H and O–H groups in total. The Morgan fingerprint density at radius 2 is 2.28 bits per heavy atom. The van der Waals surface area contributed by atoms with E-state index in [1.165, 1.54) is 0 Å². The fourth-order valence-electron chi connectivity index (χ4n) is 2.30. The number of likely N-dealkylation sites (N-methyl/N-ethyl adjacent to an activating group) is 1. The molecule has 1 heterocycles. The van der Waals surface area contributed by atoms with Gasteiger partial charge in [0.15, 0.2) is 5.79 Å². The minimum absolute atomic E-state index is 0.279. The van der Waals surface area contributed by atoms with E-state index < -0.39 is 11.8 Å². The fraction of sp³-hybridized carbons (Fsp3) is 0.833. The van der Waals surface area contributed by atoms with E-state index in [2.05, 4.69) is 6.58 Å². The van der Waals surface area contributed by atoms with E-state index in [4.69, 9.17) is 9.47 Å². The highest BCUT2D eigenvalue weighted by atomic mass is 16.7. The van der Waals surface area contributed by atoms with Crippen LogP contribution in [0.1, 0.15) is 20.8 Å². The molecule has 18 heavy (non-hydrogen) atoms. The van der Waals surface area contributed by atoms with Crippen molar-refractivity contribution in [2.45, 2.75) is 44.7 Å². The molecule has 0 aromatic heterocycles. The minimum atomic E-state index is -0.725. The van der Waals surface area contributed by atoms with Crippen LogP contribution in [0.4, 0.5) is 0 Å². The monoisotopic (exact) mass is 258 g/mol. The zero-order chi connectivity index (χ0) is 13.9. The Hall–Kier alpha value is -0.980. The summed E-state index contributed by atoms with van der Waals surface area (Å²) < 4.78 is 11.2. The number of nitro groups is 1. The van der Waals surface area contributed by atoms with Crippen molar-refractivity contribution in [1.29, 1.82) is 0 Å². The number of hydrogen-bond acceptors (Lipinski definition) is 5. The Labute approximate surface area is 108 Å². The molecule has 6 heteroatoms. The van der Waals surface area contributed by atoms with Gasteiger partial charge in [0.2, 0.25) is 6.04 Å². The standard InChI is InChI=1S/C12H22N2O4/c1-6-7-13(5)11(9(2)14(15)16)10-8-17-12(3,4)18-10/h6,9-11H,1,7-8H2,2-5H3/t9-,10+,11+/m1/s1. The van der Waals surface area contributed by atoms with Gasteiger partial charge in [-0.05, 0) is 20.9 Å². The average molecular weight is 258 g/mol. The third-order valence-electron chi connectivity index (χ3n) is 3.16. The van der Waals surface area contributed by atoms with E-state index in [0.29, 0.717) is 13.2 Å². The first-order chi connectivity index (χ1) is 8.28. The predicted octanol–water partition coefficient (Wildman–Crippen LogP) is 1.29. The highest BCUT2D eigenvalue weighted by Gasteiger charge is 2.44. The van der Waals surface area contributed by atoms with E-state index >= 15 is 0 Å². The van der Waals surface area contributed by atoms with Crippen molar-refractivity contribution in [2.24, 2.45) is 0 Å². The molecule has 1 rings (SSSR count). The second-order valence-electron chi connectivity index (χ2n) is 5.11. The first kappa shape index (κ1) is 15.1. The summed E-state index contributed by atoms with van der Waals surface area (Å²) in [4.78, 5) is 12.6. The molecular formula is C12H22N2O4. The molecule has 0 amide bonds. The van der Waals surface area contributed by atoms with Crippen molar-refractivity contribution in [3.05, 3.63) is 22.8 Å². The van der Waals surface area contributed by atoms with Crippen LogP contribution in [-0.4, -0.2) is 54.0 Å². The summed E-state index contributed by atoms with van der Waals surface area (Å²) in [5.74, 6) is -0.672. The molecule has 0 spiro atoms. The van der Waals surface area contributed by atoms with Crippen LogP contribution in [-0.2, 0) is 9.47 Å². The van der Waals surface area contributed by atoms with Crippen molar-refractivity contribution in [3.63, 3.8) is 0 Å². The summed E-state index contributed by atoms with van der Waals surface area (Å²) in [5, 5.41) is 11.0. The Kier molecular flexibility index (Phi) is 4.84. The van der Waals surface area contributed by atoms with Gasteiger partial charge in [0.05, 0.1) is 6.61 Å². The Bertz CT molecular complexity index is 319. The van der Waals surface area contributed by atoms with Gasteiger partial charge in [-0.3, -0.25) is 15.0 Å². The maximum atomic E-state index is 11.0. The van der Waals surface area contributed by atoms with Crippen LogP contribution in [0.2, 0.25) is 0 Å². The molecule has 0 aliphatic carbocycles. The number of rotatable bonds is 6. The van der Waals surface area contributed by atoms with Crippen LogP contribution in [0.5, 0.6) is 0 Å². The molecule has 0 unspecified atom stereocenters. The molecule has 6 nitrogen and oxygen atoms in total. The van der Waals surface area contributed by atoms with E-state index in [9.17, 15) is 10.1 Å². The third kappa shape index (κ3) is 3.51. The Balaban J connectivity index is 2.84. The summed E-state index contributed by atoms with van der Waals surface area (Å²) in [6.07, 6.45) is 1.42. The van der Waals surface area contributed by atoms with Crippen molar-refractivity contribution in [2.75, 3.05) is 20.2 Å². The van der Waals surface area contributed by atoms with Crippen LogP contribution < -0.4 is 0 Å². The molecule has 104 valence electrons. The second-order valence-corrected chi connectivity index (χ2v) is 5.11. The van der Waals surface area contributed by atoms with Crippen molar-refractivity contribution >= 4 is 0 Å². The topological polar surface area (TPSA) is 64.8 Å². The summed E-state index contributed by atoms with van der Waals surface area (Å²) in [7, 11) is 1.83. The number of ether oxygens (including phenoxy) is 2. The van der Waals surface area contributed by atoms with Crippen LogP contribution >= 0.6 is 0 Å². The summed E-state index contributed by atoms with van der Waals surface area (Å²) in [6, 6.07) is -1.06. The van der Waals surface area contributed by atoms with Crippen molar-refractivity contribution in [3.8, 4) is 0 Å². The van der Waals surface area contributed by atoms with E-state index in [-0.39, 0.29) is 17.1 Å². The summed E-state index contributed by atoms with van der Waals surface area (Å²) in [5.41, 5.74) is 0. The molecule has 3 atom stereocenters. The Morgan fingerprint density at radius 1 is 1.67 bits per heavy atom. The third-order valence-corrected chi connectivity index (χ3v) is 3.16. The zero-order valence-corrected chi connectivity index (χ0v) is 11.5. The normalized spacial score (nSPS) is 25.9. The molecular weight excluding hydrogens is 236 g/mol. The molecule has 1 fully saturated rings. The van der Waals surface area contributed by atoms with Crippen molar-refractivity contribution in [1.82, 2.24) is 4.90 Å². The SMILES string of the molecule is C=CCN(C)[C@H]([C@@H]1COC(C)(C)O1)[C@@H](C)[N+](=O)[O-]. The first-order valence-electron chi connectivity index (χ1n) is 6.05. The van der Waals surface area contributed by atoms with Gasteiger partial charge < -0.3 is 9.47 Å². The smallest absolute Gasteiger partial charge is 0.228 e. The van der Waals surface area contributed by atoms with Gasteiger partial charge in [-0.15, -0.1) is 6.58 Å². The number of hydrogen-bond donors (Lipinski definition) is 0. The lowest BCUT2D eigenvalue weighted by molar-refractivity contribution is -0.528. The lowest BCUT2D eigenvalue weighted by Gasteiger charge is -2.31. The van der Waals surface area contributed by atoms with Gasteiger partial charge in [0.25, 0.3) is 0 Å². The molecule has 0 radical (unpaired) electrons. The molecule has 1 aliphatic heterocycles. The van der Waals surface area contributed by atoms with E-state index in [1.54, 1.807) is 13.0 Å². The van der Waals surface area contributed by atoms with Gasteiger partial charge in [-0.1, -0.05) is 6.08 Å². The van der Waals surface area contributed by atoms with Gasteiger partial charge >= 0.3 is 0 Å². The minimum Gasteiger partial charge on any atom is -0.348 e. The largest absolute Gasteiger partial charge is 0.348 e. The fourth-order valence-corrected chi connectivity index (χ4v) is 2.30. The quantitative estimate of drug-likeness (QED) is 0.408. The predicted molar refractivity (Wildman–Crippen MR) is 68.0 cm³/mol. The van der Waals surface area contributed by atoms with Gasteiger partial charge in [0, 0.05) is 18.4 Å². The van der Waals surface area contributed by atoms with Crippen LogP contribution in [0.3, 0.4) is 0 Å². The van der Waals surface area contributed by atoms with Crippen molar-refractivity contribution < 1.29 is 14.4 Å². The van der Waals surface area contributed by atoms with Crippen LogP contribution in [0, 0.1) is 10.1 Å². The maximum Gasteiger partial charge on any atom is 0.228 e. The summed E-state index contributed by atoms with van der Waals surface area (Å²) in [6.45, 7) is 9.83. The van der Waals surface area contributed by atoms with Gasteiger partial charge in [-0.2, -0.15) is 0 Å². The van der Waals surface area contributed by atoms with Crippen LogP contribution in [0.15, 0.2) is 12.7 Å². The van der Waals surface area contributed by atoms with Gasteiger partial charge in [0.1, 0.15) is 12.1 Å². The average Bonchev–Trinajstić information content (AvgIpc) is 2.59. The Morgan fingerprint density at radius 3 is 2.67 bits per heavy atom. The number of nitrogens with zero attached hydrogens (tertiary/aromatic N) is 2. The molecule has 0 bridgehead atoms. The highest BCUT2D eigenvalue weighted by Crippen LogP contribution is 2.27. The summed E-state index contributed by atoms with van der Waals surface area (Å²) >= 11 is 0. The highest BCUT2D eigenvalue weighted by molar-refractivity contribution is 4.89. The molecule has 1 saturated heterocycles. The lowest BCUT2D eigenvalue weighted by Crippen LogP contribution is -2.52. The maximum absolute atomic E-state index is 11.0. The second kappa shape index (κ2) is 5.77. The molecule has 1 aliphatic rings. The van der Waals surface area contributed by atoms with E-state index in [1.807, 2.05) is 25.8 Å². The molecule has 0 saturated carbocycles. The lowest BCUT2D eigenvalue weighted by atomic mass is 10.0. The first-order valence-corrected chi connectivity index (χ1v) is 6.05. The zero-order valence-electron chi connectivity index (χ0n) is 11.5. The van der Waals surface area contributed by atoms with Crippen LogP contribution in [0.25, 0.3) is 0 Å².